The monoisotopic (exact) mass is 490 g/mol. The van der Waals surface area contributed by atoms with E-state index >= 15 is 0 Å². The lowest BCUT2D eigenvalue weighted by Gasteiger charge is -2.34. The van der Waals surface area contributed by atoms with Crippen molar-refractivity contribution in [2.75, 3.05) is 54.5 Å². The Balaban J connectivity index is 1.63. The fourth-order valence-corrected chi connectivity index (χ4v) is 4.04. The normalized spacial score (nSPS) is 11.7. The zero-order valence-corrected chi connectivity index (χ0v) is 21.9. The molecule has 0 aliphatic heterocycles. The van der Waals surface area contributed by atoms with Crippen molar-refractivity contribution < 1.29 is 28.0 Å². The Bertz CT molecular complexity index is 1050. The Hall–Kier alpha value is -3.48. The van der Waals surface area contributed by atoms with Gasteiger partial charge in [0.05, 0.1) is 39.3 Å². The first-order chi connectivity index (χ1) is 17.1. The molecule has 0 aromatic heterocycles. The number of nitrogens with zero attached hydrogens (tertiary/aromatic N) is 2. The number of likely N-dealkylation sites (N-methyl/N-ethyl adjacent to an activating group) is 1. The molecule has 6 heteroatoms. The molecule has 0 spiro atoms. The lowest BCUT2D eigenvalue weighted by atomic mass is 10.1. The van der Waals surface area contributed by atoms with Gasteiger partial charge in [-0.05, 0) is 24.3 Å². The second-order valence-corrected chi connectivity index (χ2v) is 10.5. The third-order valence-corrected chi connectivity index (χ3v) is 5.99. The molecule has 0 fully saturated rings. The molecule has 3 aromatic rings. The molecule has 0 radical (unpaired) electrons. The zero-order chi connectivity index (χ0) is 26.0. The third-order valence-electron chi connectivity index (χ3n) is 5.99. The fourth-order valence-electron chi connectivity index (χ4n) is 4.04. The second kappa shape index (κ2) is 12.5. The quantitative estimate of drug-likeness (QED) is 0.276. The summed E-state index contributed by atoms with van der Waals surface area (Å²) >= 11 is 0. The zero-order valence-electron chi connectivity index (χ0n) is 21.9. The summed E-state index contributed by atoms with van der Waals surface area (Å²) in [4.78, 5) is 24.8. The summed E-state index contributed by atoms with van der Waals surface area (Å²) in [6.45, 7) is 3.44. The lowest BCUT2D eigenvalue weighted by Crippen LogP contribution is -2.48. The smallest absolute Gasteiger partial charge is 0.338 e. The maximum absolute atomic E-state index is 12.4. The topological polar surface area (TPSA) is 52.6 Å². The van der Waals surface area contributed by atoms with Crippen molar-refractivity contribution in [3.8, 4) is 0 Å². The van der Waals surface area contributed by atoms with E-state index in [9.17, 15) is 9.59 Å². The van der Waals surface area contributed by atoms with E-state index in [0.29, 0.717) is 28.7 Å². The van der Waals surface area contributed by atoms with Gasteiger partial charge in [-0.25, -0.2) is 9.59 Å². The van der Waals surface area contributed by atoms with Gasteiger partial charge in [-0.2, -0.15) is 0 Å². The van der Waals surface area contributed by atoms with Crippen molar-refractivity contribution in [3.05, 3.63) is 107 Å². The van der Waals surface area contributed by atoms with Crippen LogP contribution in [0.4, 0.5) is 0 Å². The number of carbonyl (C=O) groups excluding carboxylic acids is 2. The molecular formula is C30H38N2O4+2. The van der Waals surface area contributed by atoms with Gasteiger partial charge in [-0.3, -0.25) is 0 Å². The van der Waals surface area contributed by atoms with E-state index in [1.807, 2.05) is 36.4 Å². The number of hydrogen-bond acceptors (Lipinski definition) is 4. The number of quaternary nitrogens is 2. The predicted octanol–water partition coefficient (Wildman–Crippen LogP) is 4.55. The summed E-state index contributed by atoms with van der Waals surface area (Å²) in [5, 5.41) is 0. The molecule has 0 aliphatic rings. The number of ether oxygens (including phenoxy) is 2. The molecule has 0 amide bonds. The highest BCUT2D eigenvalue weighted by Gasteiger charge is 2.24. The van der Waals surface area contributed by atoms with Gasteiger partial charge >= 0.3 is 11.9 Å². The van der Waals surface area contributed by atoms with E-state index in [1.54, 1.807) is 24.3 Å². The van der Waals surface area contributed by atoms with Crippen LogP contribution in [0, 0.1) is 0 Å². The maximum atomic E-state index is 12.4. The van der Waals surface area contributed by atoms with Gasteiger partial charge in [0.1, 0.15) is 39.4 Å². The maximum Gasteiger partial charge on any atom is 0.338 e. The number of esters is 2. The van der Waals surface area contributed by atoms with Crippen LogP contribution in [0.2, 0.25) is 0 Å². The molecule has 0 unspecified atom stereocenters. The molecule has 36 heavy (non-hydrogen) atoms. The lowest BCUT2D eigenvalue weighted by molar-refractivity contribution is -0.922. The molecule has 0 atom stereocenters. The van der Waals surface area contributed by atoms with Gasteiger partial charge in [0.25, 0.3) is 0 Å². The molecule has 0 saturated heterocycles. The molecule has 190 valence electrons. The van der Waals surface area contributed by atoms with E-state index in [0.717, 1.165) is 17.6 Å². The van der Waals surface area contributed by atoms with Crippen LogP contribution in [0.25, 0.3) is 0 Å². The van der Waals surface area contributed by atoms with E-state index < -0.39 is 0 Å². The minimum absolute atomic E-state index is 0.274. The number of benzene rings is 3. The first kappa shape index (κ1) is 27.1. The van der Waals surface area contributed by atoms with Gasteiger partial charge in [0, 0.05) is 11.1 Å². The van der Waals surface area contributed by atoms with Crippen LogP contribution < -0.4 is 0 Å². The summed E-state index contributed by atoms with van der Waals surface area (Å²) in [5.41, 5.74) is 3.55. The largest absolute Gasteiger partial charge is 0.456 e. The first-order valence-electron chi connectivity index (χ1n) is 12.3. The molecule has 0 aliphatic carbocycles. The fraction of sp³-hybridized carbons (Fsp3) is 0.333. The Morgan fingerprint density at radius 1 is 0.583 bits per heavy atom. The Morgan fingerprint density at radius 3 is 1.36 bits per heavy atom. The van der Waals surface area contributed by atoms with Gasteiger partial charge in [0.15, 0.2) is 0 Å². The number of carbonyl (C=O) groups is 2. The Morgan fingerprint density at radius 2 is 0.972 bits per heavy atom. The average molecular weight is 491 g/mol. The summed E-state index contributed by atoms with van der Waals surface area (Å²) in [7, 11) is 8.63. The minimum Gasteiger partial charge on any atom is -0.456 e. The van der Waals surface area contributed by atoms with Crippen LogP contribution in [0.5, 0.6) is 0 Å². The predicted molar refractivity (Wildman–Crippen MR) is 141 cm³/mol. The Labute approximate surface area is 214 Å². The van der Waals surface area contributed by atoms with E-state index in [1.165, 1.54) is 11.1 Å². The second-order valence-electron chi connectivity index (χ2n) is 10.5. The van der Waals surface area contributed by atoms with Gasteiger partial charge in [-0.15, -0.1) is 0 Å². The molecule has 0 bridgehead atoms. The summed E-state index contributed by atoms with van der Waals surface area (Å²) < 4.78 is 12.6. The van der Waals surface area contributed by atoms with Crippen LogP contribution >= 0.6 is 0 Å². The van der Waals surface area contributed by atoms with Crippen molar-refractivity contribution in [2.45, 2.75) is 13.1 Å². The Kier molecular flexibility index (Phi) is 9.39. The van der Waals surface area contributed by atoms with Crippen LogP contribution in [0.3, 0.4) is 0 Å². The van der Waals surface area contributed by atoms with E-state index in [4.69, 9.17) is 9.47 Å². The number of rotatable bonds is 12. The highest BCUT2D eigenvalue weighted by atomic mass is 16.5. The van der Waals surface area contributed by atoms with E-state index in [-0.39, 0.29) is 25.2 Å². The van der Waals surface area contributed by atoms with Crippen LogP contribution in [0.1, 0.15) is 31.8 Å². The third kappa shape index (κ3) is 8.95. The van der Waals surface area contributed by atoms with Gasteiger partial charge < -0.3 is 18.4 Å². The molecule has 3 rings (SSSR count). The van der Waals surface area contributed by atoms with Crippen molar-refractivity contribution in [1.29, 1.82) is 0 Å². The molecule has 0 heterocycles. The highest BCUT2D eigenvalue weighted by Crippen LogP contribution is 2.16. The molecule has 0 N–H and O–H groups in total. The van der Waals surface area contributed by atoms with Crippen LogP contribution in [-0.2, 0) is 22.6 Å². The van der Waals surface area contributed by atoms with Crippen LogP contribution in [0.15, 0.2) is 84.9 Å². The van der Waals surface area contributed by atoms with Crippen LogP contribution in [-0.4, -0.2) is 75.4 Å². The minimum atomic E-state index is -0.331. The van der Waals surface area contributed by atoms with Crippen molar-refractivity contribution in [1.82, 2.24) is 0 Å². The summed E-state index contributed by atoms with van der Waals surface area (Å²) in [6.07, 6.45) is 0. The molecule has 6 nitrogen and oxygen atoms in total. The SMILES string of the molecule is C[N+](C)(C)Cc1ccc(C[N+](C)(CCOC(=O)c2ccccc2)CCOC(=O)c2ccccc2)cc1. The average Bonchev–Trinajstić information content (AvgIpc) is 2.85. The highest BCUT2D eigenvalue weighted by molar-refractivity contribution is 5.89. The number of hydrogen-bond donors (Lipinski definition) is 0. The first-order valence-corrected chi connectivity index (χ1v) is 12.3. The summed E-state index contributed by atoms with van der Waals surface area (Å²) in [5.74, 6) is -0.662. The van der Waals surface area contributed by atoms with Crippen molar-refractivity contribution >= 4 is 11.9 Å². The van der Waals surface area contributed by atoms with E-state index in [2.05, 4.69) is 52.5 Å². The van der Waals surface area contributed by atoms with Crippen molar-refractivity contribution in [2.24, 2.45) is 0 Å². The van der Waals surface area contributed by atoms with Gasteiger partial charge in [-0.1, -0.05) is 60.7 Å². The molecule has 0 saturated carbocycles. The van der Waals surface area contributed by atoms with Gasteiger partial charge in [0.2, 0.25) is 0 Å². The standard InChI is InChI=1S/C30H38N2O4/c1-31(2,3)23-25-15-17-26(18-16-25)24-32(4,19-21-35-29(33)27-11-7-5-8-12-27)20-22-36-30(34)28-13-9-6-10-14-28/h5-18H,19-24H2,1-4H3/q+2. The molecule has 3 aromatic carbocycles. The summed E-state index contributed by atoms with van der Waals surface area (Å²) in [6, 6.07) is 26.7. The molecular weight excluding hydrogens is 452 g/mol. The van der Waals surface area contributed by atoms with Crippen molar-refractivity contribution in [3.63, 3.8) is 0 Å².